The summed E-state index contributed by atoms with van der Waals surface area (Å²) in [5.74, 6) is 0.585. The molecule has 1 aliphatic rings. The Morgan fingerprint density at radius 3 is 2.90 bits per heavy atom. The van der Waals surface area contributed by atoms with E-state index in [-0.39, 0.29) is 18.6 Å². The zero-order chi connectivity index (χ0) is 15.5. The Bertz CT molecular complexity index is 518. The van der Waals surface area contributed by atoms with Gasteiger partial charge in [0.1, 0.15) is 5.75 Å². The number of hydrogen-bond donors (Lipinski definition) is 3. The Morgan fingerprint density at radius 1 is 1.57 bits per heavy atom. The Labute approximate surface area is 125 Å². The van der Waals surface area contributed by atoms with Crippen LogP contribution in [0.5, 0.6) is 5.75 Å². The highest BCUT2D eigenvalue weighted by Gasteiger charge is 2.42. The number of aliphatic hydroxyl groups is 1. The highest BCUT2D eigenvalue weighted by molar-refractivity contribution is 5.96. The lowest BCUT2D eigenvalue weighted by atomic mass is 9.84. The average molecular weight is 292 g/mol. The number of rotatable bonds is 5. The van der Waals surface area contributed by atoms with E-state index in [1.165, 1.54) is 0 Å². The highest BCUT2D eigenvalue weighted by atomic mass is 16.5. The number of ether oxygens (including phenoxy) is 1. The van der Waals surface area contributed by atoms with Crippen LogP contribution in [0.25, 0.3) is 0 Å². The summed E-state index contributed by atoms with van der Waals surface area (Å²) in [6.07, 6.45) is 2.68. The van der Waals surface area contributed by atoms with E-state index in [9.17, 15) is 9.90 Å². The summed E-state index contributed by atoms with van der Waals surface area (Å²) < 4.78 is 5.43. The van der Waals surface area contributed by atoms with Gasteiger partial charge in [0, 0.05) is 17.3 Å². The third kappa shape index (κ3) is 3.19. The molecule has 2 atom stereocenters. The first kappa shape index (κ1) is 15.8. The van der Waals surface area contributed by atoms with Gasteiger partial charge in [-0.15, -0.1) is 0 Å². The molecule has 1 aliphatic carbocycles. The van der Waals surface area contributed by atoms with Crippen molar-refractivity contribution >= 4 is 11.6 Å². The topological polar surface area (TPSA) is 84.6 Å². The number of benzene rings is 1. The van der Waals surface area contributed by atoms with Gasteiger partial charge in [-0.25, -0.2) is 0 Å². The third-order valence-electron chi connectivity index (χ3n) is 4.34. The Kier molecular flexibility index (Phi) is 4.85. The minimum atomic E-state index is -0.516. The monoisotopic (exact) mass is 292 g/mol. The van der Waals surface area contributed by atoms with Gasteiger partial charge in [-0.2, -0.15) is 0 Å². The maximum atomic E-state index is 12.5. The zero-order valence-corrected chi connectivity index (χ0v) is 12.7. The van der Waals surface area contributed by atoms with E-state index in [4.69, 9.17) is 10.5 Å². The number of amides is 1. The first-order valence-corrected chi connectivity index (χ1v) is 7.45. The molecule has 0 saturated heterocycles. The zero-order valence-electron chi connectivity index (χ0n) is 12.7. The second-order valence-electron chi connectivity index (χ2n) is 5.78. The van der Waals surface area contributed by atoms with Gasteiger partial charge in [0.15, 0.2) is 0 Å². The van der Waals surface area contributed by atoms with E-state index in [1.807, 2.05) is 13.8 Å². The number of carbonyl (C=O) groups is 1. The number of nitrogens with two attached hydrogens (primary N) is 1. The van der Waals surface area contributed by atoms with Crippen molar-refractivity contribution in [2.75, 3.05) is 11.9 Å². The fourth-order valence-electron chi connectivity index (χ4n) is 2.83. The van der Waals surface area contributed by atoms with E-state index < -0.39 is 5.41 Å². The predicted octanol–water partition coefficient (Wildman–Crippen LogP) is 2.03. The molecule has 0 aromatic heterocycles. The summed E-state index contributed by atoms with van der Waals surface area (Å²) in [5, 5.41) is 12.3. The molecule has 2 rings (SSSR count). The summed E-state index contributed by atoms with van der Waals surface area (Å²) in [7, 11) is 0. The smallest absolute Gasteiger partial charge is 0.231 e. The molecule has 1 aromatic carbocycles. The summed E-state index contributed by atoms with van der Waals surface area (Å²) in [5.41, 5.74) is 6.87. The van der Waals surface area contributed by atoms with E-state index in [0.717, 1.165) is 19.3 Å². The number of anilines is 1. The lowest BCUT2D eigenvalue weighted by Crippen LogP contribution is -2.44. The van der Waals surface area contributed by atoms with Crippen molar-refractivity contribution in [1.82, 2.24) is 0 Å². The van der Waals surface area contributed by atoms with Crippen LogP contribution in [-0.4, -0.2) is 23.7 Å². The molecule has 1 amide bonds. The minimum Gasteiger partial charge on any atom is -0.494 e. The van der Waals surface area contributed by atoms with Crippen LogP contribution in [0.4, 0.5) is 5.69 Å². The van der Waals surface area contributed by atoms with Gasteiger partial charge in [-0.3, -0.25) is 4.79 Å². The van der Waals surface area contributed by atoms with Crippen LogP contribution in [0, 0.1) is 5.41 Å². The van der Waals surface area contributed by atoms with Crippen LogP contribution >= 0.6 is 0 Å². The molecule has 1 aromatic rings. The van der Waals surface area contributed by atoms with Crippen molar-refractivity contribution in [3.63, 3.8) is 0 Å². The second kappa shape index (κ2) is 6.45. The summed E-state index contributed by atoms with van der Waals surface area (Å²) in [6, 6.07) is 5.19. The Morgan fingerprint density at radius 2 is 2.33 bits per heavy atom. The van der Waals surface area contributed by atoms with Crippen LogP contribution in [0.15, 0.2) is 18.2 Å². The van der Waals surface area contributed by atoms with Gasteiger partial charge < -0.3 is 20.9 Å². The molecule has 116 valence electrons. The van der Waals surface area contributed by atoms with Crippen LogP contribution in [-0.2, 0) is 11.4 Å². The van der Waals surface area contributed by atoms with Gasteiger partial charge >= 0.3 is 0 Å². The molecule has 0 radical (unpaired) electrons. The molecule has 1 saturated carbocycles. The lowest BCUT2D eigenvalue weighted by Gasteiger charge is -2.27. The first-order valence-electron chi connectivity index (χ1n) is 7.45. The molecule has 0 heterocycles. The fraction of sp³-hybridized carbons (Fsp3) is 0.562. The average Bonchev–Trinajstić information content (AvgIpc) is 2.82. The summed E-state index contributed by atoms with van der Waals surface area (Å²) in [4.78, 5) is 12.5. The third-order valence-corrected chi connectivity index (χ3v) is 4.34. The van der Waals surface area contributed by atoms with Gasteiger partial charge in [0.2, 0.25) is 5.91 Å². The van der Waals surface area contributed by atoms with Crippen molar-refractivity contribution in [2.24, 2.45) is 11.1 Å². The molecule has 1 fully saturated rings. The van der Waals surface area contributed by atoms with Crippen LogP contribution in [0.1, 0.15) is 38.7 Å². The maximum Gasteiger partial charge on any atom is 0.231 e. The number of nitrogens with one attached hydrogen (secondary N) is 1. The largest absolute Gasteiger partial charge is 0.494 e. The molecule has 0 spiro atoms. The highest BCUT2D eigenvalue weighted by Crippen LogP contribution is 2.38. The van der Waals surface area contributed by atoms with Crippen LogP contribution < -0.4 is 15.8 Å². The maximum absolute atomic E-state index is 12.5. The molecule has 0 bridgehead atoms. The second-order valence-corrected chi connectivity index (χ2v) is 5.78. The molecule has 0 aliphatic heterocycles. The quantitative estimate of drug-likeness (QED) is 0.775. The molecule has 2 unspecified atom stereocenters. The van der Waals surface area contributed by atoms with E-state index in [2.05, 4.69) is 5.32 Å². The van der Waals surface area contributed by atoms with E-state index in [0.29, 0.717) is 23.6 Å². The van der Waals surface area contributed by atoms with Crippen molar-refractivity contribution < 1.29 is 14.6 Å². The van der Waals surface area contributed by atoms with Gasteiger partial charge in [0.25, 0.3) is 0 Å². The normalized spacial score (nSPS) is 24.9. The predicted molar refractivity (Wildman–Crippen MR) is 82.1 cm³/mol. The fourth-order valence-corrected chi connectivity index (χ4v) is 2.83. The van der Waals surface area contributed by atoms with Crippen molar-refractivity contribution in [1.29, 1.82) is 0 Å². The first-order chi connectivity index (χ1) is 10.0. The Balaban J connectivity index is 2.14. The molecular weight excluding hydrogens is 268 g/mol. The Hall–Kier alpha value is -1.59. The minimum absolute atomic E-state index is 0.0550. The van der Waals surface area contributed by atoms with Gasteiger partial charge in [-0.05, 0) is 44.9 Å². The molecule has 5 heteroatoms. The number of hydrogen-bond acceptors (Lipinski definition) is 4. The molecule has 21 heavy (non-hydrogen) atoms. The summed E-state index contributed by atoms with van der Waals surface area (Å²) >= 11 is 0. The van der Waals surface area contributed by atoms with E-state index in [1.54, 1.807) is 18.2 Å². The van der Waals surface area contributed by atoms with Crippen molar-refractivity contribution in [3.05, 3.63) is 23.8 Å². The number of carbonyl (C=O) groups excluding carboxylic acids is 1. The SMILES string of the molecule is CCOc1ccc(NC(=O)C2(C)CCCC2N)cc1CO. The number of aliphatic hydroxyl groups excluding tert-OH is 1. The van der Waals surface area contributed by atoms with Gasteiger partial charge in [-0.1, -0.05) is 6.42 Å². The standard InChI is InChI=1S/C16H24N2O3/c1-3-21-13-7-6-12(9-11(13)10-19)18-15(20)16(2)8-4-5-14(16)17/h6-7,9,14,19H,3-5,8,10,17H2,1-2H3,(H,18,20). The molecular formula is C16H24N2O3. The lowest BCUT2D eigenvalue weighted by molar-refractivity contribution is -0.125. The summed E-state index contributed by atoms with van der Waals surface area (Å²) in [6.45, 7) is 4.21. The van der Waals surface area contributed by atoms with Crippen LogP contribution in [0.2, 0.25) is 0 Å². The van der Waals surface area contributed by atoms with Crippen molar-refractivity contribution in [3.8, 4) is 5.75 Å². The van der Waals surface area contributed by atoms with E-state index >= 15 is 0 Å². The van der Waals surface area contributed by atoms with Crippen LogP contribution in [0.3, 0.4) is 0 Å². The molecule has 4 N–H and O–H groups in total. The van der Waals surface area contributed by atoms with Crippen molar-refractivity contribution in [2.45, 2.75) is 45.8 Å². The molecule has 5 nitrogen and oxygen atoms in total. The van der Waals surface area contributed by atoms with Gasteiger partial charge in [0.05, 0.1) is 18.6 Å².